The number of carbonyl (C=O) groups is 2. The van der Waals surface area contributed by atoms with E-state index in [9.17, 15) is 9.59 Å². The van der Waals surface area contributed by atoms with Crippen molar-refractivity contribution in [3.8, 4) is 0 Å². The van der Waals surface area contributed by atoms with E-state index in [0.717, 1.165) is 40.4 Å². The zero-order valence-corrected chi connectivity index (χ0v) is 20.0. The molecule has 1 aromatic heterocycles. The minimum atomic E-state index is -0.111. The summed E-state index contributed by atoms with van der Waals surface area (Å²) < 4.78 is 8.42. The molecule has 2 aliphatic heterocycles. The number of aromatic nitrogens is 1. The van der Waals surface area contributed by atoms with Gasteiger partial charge in [0.25, 0.3) is 5.91 Å². The van der Waals surface area contributed by atoms with Crippen LogP contribution < -0.4 is 5.32 Å². The Bertz CT molecular complexity index is 1070. The van der Waals surface area contributed by atoms with Crippen LogP contribution in [0.5, 0.6) is 0 Å². The number of hydrogen-bond donors (Lipinski definition) is 1. The molecule has 7 nitrogen and oxygen atoms in total. The summed E-state index contributed by atoms with van der Waals surface area (Å²) in [5, 5.41) is 4.42. The molecule has 1 N–H and O–H groups in total. The molecule has 1 aromatic carbocycles. The predicted octanol–water partition coefficient (Wildman–Crippen LogP) is 3.12. The van der Waals surface area contributed by atoms with Crippen molar-refractivity contribution in [1.29, 1.82) is 0 Å². The molecule has 0 aliphatic carbocycles. The van der Waals surface area contributed by atoms with Crippen molar-refractivity contribution in [3.63, 3.8) is 0 Å². The maximum atomic E-state index is 12.8. The molecule has 9 heteroatoms. The van der Waals surface area contributed by atoms with Gasteiger partial charge in [0.05, 0.1) is 6.10 Å². The summed E-state index contributed by atoms with van der Waals surface area (Å²) in [6.45, 7) is 3.92. The van der Waals surface area contributed by atoms with Gasteiger partial charge in [-0.2, -0.15) is 0 Å². The standard InChI is InChI=1S/C22H25BrN4O3S/c1-3-27-21(29)19(25(2)22(27)31)9-14-12-26(18-7-6-15(23)10-17(14)18)13-20(28)24-11-16-5-4-8-30-16/h6-7,9-10,12,16H,3-5,8,11,13H2,1-2H3,(H,24,28)/b19-9-/t16-/m1/s1. The minimum Gasteiger partial charge on any atom is -0.376 e. The number of amides is 2. The van der Waals surface area contributed by atoms with Gasteiger partial charge in [-0.3, -0.25) is 14.5 Å². The average Bonchev–Trinajstić information content (AvgIpc) is 3.42. The van der Waals surface area contributed by atoms with Crippen molar-refractivity contribution in [2.75, 3.05) is 26.7 Å². The second-order valence-electron chi connectivity index (χ2n) is 7.73. The van der Waals surface area contributed by atoms with E-state index < -0.39 is 0 Å². The maximum Gasteiger partial charge on any atom is 0.276 e. The number of ether oxygens (including phenoxy) is 1. The first kappa shape index (κ1) is 22.0. The molecule has 0 spiro atoms. The first-order valence-corrected chi connectivity index (χ1v) is 11.6. The van der Waals surface area contributed by atoms with Crippen LogP contribution in [0.1, 0.15) is 25.3 Å². The summed E-state index contributed by atoms with van der Waals surface area (Å²) in [6, 6.07) is 5.91. The average molecular weight is 505 g/mol. The first-order valence-electron chi connectivity index (χ1n) is 10.4. The summed E-state index contributed by atoms with van der Waals surface area (Å²) in [5.74, 6) is -0.179. The Kier molecular flexibility index (Phi) is 6.45. The molecule has 2 saturated heterocycles. The van der Waals surface area contributed by atoms with E-state index in [4.69, 9.17) is 17.0 Å². The summed E-state index contributed by atoms with van der Waals surface area (Å²) >= 11 is 8.93. The number of fused-ring (bicyclic) bond motifs is 1. The smallest absolute Gasteiger partial charge is 0.276 e. The SMILES string of the molecule is CCN1C(=O)/C(=C/c2cn(CC(=O)NC[C@H]3CCCO3)c3ccc(Br)cc23)N(C)C1=S. The van der Waals surface area contributed by atoms with E-state index in [-0.39, 0.29) is 24.5 Å². The Hall–Kier alpha value is -2.23. The highest BCUT2D eigenvalue weighted by Crippen LogP contribution is 2.29. The Morgan fingerprint density at radius 1 is 1.42 bits per heavy atom. The molecular weight excluding hydrogens is 480 g/mol. The van der Waals surface area contributed by atoms with Crippen molar-refractivity contribution in [2.45, 2.75) is 32.4 Å². The Balaban J connectivity index is 1.62. The predicted molar refractivity (Wildman–Crippen MR) is 127 cm³/mol. The highest BCUT2D eigenvalue weighted by atomic mass is 79.9. The zero-order valence-electron chi connectivity index (χ0n) is 17.6. The summed E-state index contributed by atoms with van der Waals surface area (Å²) in [6.07, 6.45) is 5.89. The van der Waals surface area contributed by atoms with Gasteiger partial charge < -0.3 is 19.5 Å². The third kappa shape index (κ3) is 4.40. The fraction of sp³-hybridized carbons (Fsp3) is 0.409. The second kappa shape index (κ2) is 9.10. The van der Waals surface area contributed by atoms with Gasteiger partial charge in [0.2, 0.25) is 5.91 Å². The number of rotatable bonds is 6. The number of nitrogens with one attached hydrogen (secondary N) is 1. The number of likely N-dealkylation sites (N-methyl/N-ethyl adjacent to an activating group) is 2. The van der Waals surface area contributed by atoms with Gasteiger partial charge in [0, 0.05) is 53.9 Å². The van der Waals surface area contributed by atoms with Gasteiger partial charge in [-0.05, 0) is 56.3 Å². The van der Waals surface area contributed by atoms with E-state index in [1.54, 1.807) is 16.8 Å². The fourth-order valence-electron chi connectivity index (χ4n) is 4.02. The molecule has 2 aliphatic rings. The molecule has 4 rings (SSSR count). The number of carbonyl (C=O) groups excluding carboxylic acids is 2. The third-order valence-corrected chi connectivity index (χ3v) is 6.68. The van der Waals surface area contributed by atoms with Crippen LogP contribution in [-0.4, -0.2) is 64.1 Å². The van der Waals surface area contributed by atoms with Crippen LogP contribution in [0.4, 0.5) is 0 Å². The lowest BCUT2D eigenvalue weighted by atomic mass is 10.1. The van der Waals surface area contributed by atoms with E-state index >= 15 is 0 Å². The van der Waals surface area contributed by atoms with Gasteiger partial charge >= 0.3 is 0 Å². The van der Waals surface area contributed by atoms with Crippen LogP contribution in [0.25, 0.3) is 17.0 Å². The molecule has 0 unspecified atom stereocenters. The van der Waals surface area contributed by atoms with Gasteiger partial charge in [-0.1, -0.05) is 15.9 Å². The molecule has 2 amide bonds. The normalized spacial score (nSPS) is 20.5. The molecule has 2 fully saturated rings. The molecule has 1 atom stereocenters. The number of benzene rings is 1. The first-order chi connectivity index (χ1) is 14.9. The lowest BCUT2D eigenvalue weighted by molar-refractivity contribution is -0.123. The largest absolute Gasteiger partial charge is 0.376 e. The van der Waals surface area contributed by atoms with Crippen LogP contribution in [0, 0.1) is 0 Å². The molecule has 0 radical (unpaired) electrons. The van der Waals surface area contributed by atoms with E-state index in [0.29, 0.717) is 23.9 Å². The van der Waals surface area contributed by atoms with Gasteiger partial charge in [0.1, 0.15) is 12.2 Å². The molecule has 0 saturated carbocycles. The van der Waals surface area contributed by atoms with Gasteiger partial charge in [-0.25, -0.2) is 0 Å². The molecule has 0 bridgehead atoms. The number of halogens is 1. The molecule has 31 heavy (non-hydrogen) atoms. The number of thiocarbonyl (C=S) groups is 1. The fourth-order valence-corrected chi connectivity index (χ4v) is 4.70. The second-order valence-corrected chi connectivity index (χ2v) is 9.01. The van der Waals surface area contributed by atoms with Crippen molar-refractivity contribution >= 4 is 62.1 Å². The highest BCUT2D eigenvalue weighted by Gasteiger charge is 2.34. The molecule has 164 valence electrons. The zero-order chi connectivity index (χ0) is 22.1. The Morgan fingerprint density at radius 3 is 2.90 bits per heavy atom. The van der Waals surface area contributed by atoms with Crippen LogP contribution in [-0.2, 0) is 20.9 Å². The maximum absolute atomic E-state index is 12.8. The van der Waals surface area contributed by atoms with Crippen molar-refractivity contribution in [2.24, 2.45) is 0 Å². The molecular formula is C22H25BrN4O3S. The van der Waals surface area contributed by atoms with Crippen LogP contribution in [0.2, 0.25) is 0 Å². The van der Waals surface area contributed by atoms with E-state index in [1.807, 2.05) is 42.0 Å². The van der Waals surface area contributed by atoms with Gasteiger partial charge in [0.15, 0.2) is 5.11 Å². The number of nitrogens with zero attached hydrogens (tertiary/aromatic N) is 3. The minimum absolute atomic E-state index is 0.0677. The summed E-state index contributed by atoms with van der Waals surface area (Å²) in [4.78, 5) is 28.7. The van der Waals surface area contributed by atoms with Crippen LogP contribution in [0.3, 0.4) is 0 Å². The Morgan fingerprint density at radius 2 is 2.23 bits per heavy atom. The van der Waals surface area contributed by atoms with Crippen LogP contribution in [0.15, 0.2) is 34.6 Å². The van der Waals surface area contributed by atoms with Gasteiger partial charge in [-0.15, -0.1) is 0 Å². The Labute approximate surface area is 195 Å². The summed E-state index contributed by atoms with van der Waals surface area (Å²) in [7, 11) is 1.80. The highest BCUT2D eigenvalue weighted by molar-refractivity contribution is 9.10. The number of hydrogen-bond acceptors (Lipinski definition) is 4. The molecule has 3 heterocycles. The summed E-state index contributed by atoms with van der Waals surface area (Å²) in [5.41, 5.74) is 2.30. The van der Waals surface area contributed by atoms with E-state index in [1.165, 1.54) is 0 Å². The molecule has 2 aromatic rings. The third-order valence-electron chi connectivity index (χ3n) is 5.69. The van der Waals surface area contributed by atoms with E-state index in [2.05, 4.69) is 21.2 Å². The monoisotopic (exact) mass is 504 g/mol. The van der Waals surface area contributed by atoms with Crippen molar-refractivity contribution in [1.82, 2.24) is 19.7 Å². The lowest BCUT2D eigenvalue weighted by Gasteiger charge is -2.13. The quantitative estimate of drug-likeness (QED) is 0.483. The topological polar surface area (TPSA) is 66.8 Å². The lowest BCUT2D eigenvalue weighted by Crippen LogP contribution is -2.34. The van der Waals surface area contributed by atoms with Crippen molar-refractivity contribution < 1.29 is 14.3 Å². The van der Waals surface area contributed by atoms with Crippen molar-refractivity contribution in [3.05, 3.63) is 40.1 Å². The van der Waals surface area contributed by atoms with Crippen LogP contribution >= 0.6 is 28.1 Å².